The minimum atomic E-state index is -0.979. The van der Waals surface area contributed by atoms with Gasteiger partial charge in [-0.1, -0.05) is 22.4 Å². The van der Waals surface area contributed by atoms with Gasteiger partial charge in [0.25, 0.3) is 11.8 Å². The van der Waals surface area contributed by atoms with Crippen molar-refractivity contribution in [2.75, 3.05) is 7.11 Å². The monoisotopic (exact) mass is 364 g/mol. The molecule has 0 fully saturated rings. The minimum absolute atomic E-state index is 0.169. The average Bonchev–Trinajstić information content (AvgIpc) is 3.29. The van der Waals surface area contributed by atoms with Gasteiger partial charge in [-0.25, -0.2) is 4.79 Å². The maximum atomic E-state index is 12.3. The Morgan fingerprint density at radius 3 is 2.22 bits per heavy atom. The third-order valence-corrected chi connectivity index (χ3v) is 4.02. The molecule has 1 aliphatic rings. The number of hydrogen-bond acceptors (Lipinski definition) is 7. The van der Waals surface area contributed by atoms with Crippen molar-refractivity contribution in [3.8, 4) is 17.1 Å². The van der Waals surface area contributed by atoms with Crippen molar-refractivity contribution >= 4 is 17.8 Å². The molecule has 0 atom stereocenters. The lowest BCUT2D eigenvalue weighted by Gasteiger charge is -2.10. The number of methoxy groups -OCH3 is 1. The molecule has 3 aromatic rings. The second-order valence-electron chi connectivity index (χ2n) is 5.63. The van der Waals surface area contributed by atoms with Gasteiger partial charge in [0.1, 0.15) is 5.75 Å². The van der Waals surface area contributed by atoms with Gasteiger partial charge in [-0.15, -0.1) is 0 Å². The molecule has 0 saturated carbocycles. The van der Waals surface area contributed by atoms with Gasteiger partial charge >= 0.3 is 5.97 Å². The molecule has 1 aliphatic heterocycles. The largest absolute Gasteiger partial charge is 0.497 e. The average molecular weight is 364 g/mol. The van der Waals surface area contributed by atoms with Crippen molar-refractivity contribution in [3.63, 3.8) is 0 Å². The number of aromatic nitrogens is 1. The number of ether oxygens (including phenoxy) is 1. The summed E-state index contributed by atoms with van der Waals surface area (Å²) in [5.74, 6) is -1.39. The molecule has 134 valence electrons. The smallest absolute Gasteiger partial charge is 0.385 e. The molecule has 27 heavy (non-hydrogen) atoms. The van der Waals surface area contributed by atoms with Gasteiger partial charge in [-0.3, -0.25) is 9.59 Å². The SMILES string of the molecule is COc1ccc(-c2cc(C(=O)ON3C(=O)c4ccccc4C3=O)no2)cc1. The fourth-order valence-corrected chi connectivity index (χ4v) is 2.64. The maximum absolute atomic E-state index is 12.3. The normalized spacial score (nSPS) is 12.9. The number of carbonyl (C=O) groups is 3. The number of imide groups is 1. The zero-order valence-electron chi connectivity index (χ0n) is 14.0. The predicted octanol–water partition coefficient (Wildman–Crippen LogP) is 2.72. The molecule has 0 bridgehead atoms. The predicted molar refractivity (Wildman–Crippen MR) is 90.8 cm³/mol. The fraction of sp³-hybridized carbons (Fsp3) is 0.0526. The molecule has 0 aliphatic carbocycles. The molecule has 0 unspecified atom stereocenters. The van der Waals surface area contributed by atoms with Crippen LogP contribution in [-0.4, -0.2) is 35.1 Å². The van der Waals surface area contributed by atoms with E-state index in [-0.39, 0.29) is 16.8 Å². The first-order valence-corrected chi connectivity index (χ1v) is 7.90. The summed E-state index contributed by atoms with van der Waals surface area (Å²) in [5.41, 5.74) is 0.851. The Labute approximate surface area is 152 Å². The highest BCUT2D eigenvalue weighted by Gasteiger charge is 2.39. The Hall–Kier alpha value is -3.94. The molecule has 8 nitrogen and oxygen atoms in total. The van der Waals surface area contributed by atoms with E-state index in [2.05, 4.69) is 5.16 Å². The number of fused-ring (bicyclic) bond motifs is 1. The van der Waals surface area contributed by atoms with Crippen LogP contribution in [-0.2, 0) is 4.84 Å². The minimum Gasteiger partial charge on any atom is -0.497 e. The Morgan fingerprint density at radius 2 is 1.63 bits per heavy atom. The van der Waals surface area contributed by atoms with Crippen molar-refractivity contribution in [1.82, 2.24) is 10.2 Å². The van der Waals surface area contributed by atoms with E-state index in [1.165, 1.54) is 18.2 Å². The molecular weight excluding hydrogens is 352 g/mol. The van der Waals surface area contributed by atoms with Crippen LogP contribution in [0.1, 0.15) is 31.2 Å². The van der Waals surface area contributed by atoms with Crippen LogP contribution in [0.2, 0.25) is 0 Å². The quantitative estimate of drug-likeness (QED) is 0.656. The summed E-state index contributed by atoms with van der Waals surface area (Å²) in [7, 11) is 1.55. The van der Waals surface area contributed by atoms with E-state index in [4.69, 9.17) is 14.1 Å². The Bertz CT molecular complexity index is 1020. The molecule has 2 heterocycles. The van der Waals surface area contributed by atoms with Gasteiger partial charge in [0.15, 0.2) is 11.5 Å². The Morgan fingerprint density at radius 1 is 1.00 bits per heavy atom. The maximum Gasteiger partial charge on any atom is 0.385 e. The first-order chi connectivity index (χ1) is 13.1. The van der Waals surface area contributed by atoms with Gasteiger partial charge in [-0.2, -0.15) is 0 Å². The summed E-state index contributed by atoms with van der Waals surface area (Å²) in [4.78, 5) is 41.7. The highest BCUT2D eigenvalue weighted by Crippen LogP contribution is 2.25. The van der Waals surface area contributed by atoms with Crippen LogP contribution < -0.4 is 4.74 Å². The zero-order valence-corrected chi connectivity index (χ0v) is 14.0. The summed E-state index contributed by atoms with van der Waals surface area (Å²) in [6.07, 6.45) is 0. The van der Waals surface area contributed by atoms with Crippen molar-refractivity contribution in [1.29, 1.82) is 0 Å². The van der Waals surface area contributed by atoms with E-state index in [1.54, 1.807) is 43.5 Å². The number of hydroxylamine groups is 2. The van der Waals surface area contributed by atoms with Crippen molar-refractivity contribution < 1.29 is 28.5 Å². The van der Waals surface area contributed by atoms with E-state index in [0.29, 0.717) is 22.1 Å². The Balaban J connectivity index is 1.52. The fourth-order valence-electron chi connectivity index (χ4n) is 2.64. The van der Waals surface area contributed by atoms with Crippen molar-refractivity contribution in [3.05, 3.63) is 71.4 Å². The van der Waals surface area contributed by atoms with E-state index in [1.807, 2.05) is 0 Å². The molecule has 0 spiro atoms. The molecule has 1 aromatic heterocycles. The molecule has 2 aromatic carbocycles. The van der Waals surface area contributed by atoms with Gasteiger partial charge in [0, 0.05) is 11.6 Å². The standard InChI is InChI=1S/C19H12N2O6/c1-25-12-8-6-11(7-9-12)16-10-15(20-26-16)19(24)27-21-17(22)13-4-2-3-5-14(13)18(21)23/h2-10H,1H3. The zero-order chi connectivity index (χ0) is 19.0. The highest BCUT2D eigenvalue weighted by molar-refractivity contribution is 6.21. The van der Waals surface area contributed by atoms with Crippen LogP contribution >= 0.6 is 0 Å². The lowest BCUT2D eigenvalue weighted by atomic mass is 10.1. The lowest BCUT2D eigenvalue weighted by molar-refractivity contribution is -0.0590. The van der Waals surface area contributed by atoms with Gasteiger partial charge in [0.2, 0.25) is 0 Å². The van der Waals surface area contributed by atoms with Gasteiger partial charge < -0.3 is 14.1 Å². The number of nitrogens with zero attached hydrogens (tertiary/aromatic N) is 2. The second kappa shape index (κ2) is 6.41. The third-order valence-electron chi connectivity index (χ3n) is 4.02. The van der Waals surface area contributed by atoms with Crippen LogP contribution in [0.15, 0.2) is 59.1 Å². The summed E-state index contributed by atoms with van der Waals surface area (Å²) in [6.45, 7) is 0. The number of hydrogen-bond donors (Lipinski definition) is 0. The second-order valence-corrected chi connectivity index (χ2v) is 5.63. The highest BCUT2D eigenvalue weighted by atomic mass is 16.7. The van der Waals surface area contributed by atoms with Crippen LogP contribution in [0.3, 0.4) is 0 Å². The summed E-state index contributed by atoms with van der Waals surface area (Å²) >= 11 is 0. The number of rotatable bonds is 4. The topological polar surface area (TPSA) is 98.9 Å². The third kappa shape index (κ3) is 2.82. The number of benzene rings is 2. The molecule has 4 rings (SSSR count). The van der Waals surface area contributed by atoms with E-state index >= 15 is 0 Å². The first kappa shape index (κ1) is 16.5. The molecule has 0 radical (unpaired) electrons. The van der Waals surface area contributed by atoms with Crippen molar-refractivity contribution in [2.24, 2.45) is 0 Å². The number of carbonyl (C=O) groups excluding carboxylic acids is 3. The van der Waals surface area contributed by atoms with Crippen LogP contribution in [0.4, 0.5) is 0 Å². The summed E-state index contributed by atoms with van der Waals surface area (Å²) in [5, 5.41) is 4.07. The summed E-state index contributed by atoms with van der Waals surface area (Å²) < 4.78 is 10.2. The van der Waals surface area contributed by atoms with Crippen LogP contribution in [0.5, 0.6) is 5.75 Å². The number of amides is 2. The molecule has 8 heteroatoms. The molecule has 0 saturated heterocycles. The Kier molecular flexibility index (Phi) is 3.92. The molecular formula is C19H12N2O6. The van der Waals surface area contributed by atoms with Gasteiger partial charge in [-0.05, 0) is 36.4 Å². The lowest BCUT2D eigenvalue weighted by Crippen LogP contribution is -2.32. The molecule has 2 amide bonds. The van der Waals surface area contributed by atoms with E-state index in [9.17, 15) is 14.4 Å². The van der Waals surface area contributed by atoms with E-state index in [0.717, 1.165) is 0 Å². The van der Waals surface area contributed by atoms with Crippen LogP contribution in [0, 0.1) is 0 Å². The molecule has 0 N–H and O–H groups in total. The van der Waals surface area contributed by atoms with Crippen molar-refractivity contribution in [2.45, 2.75) is 0 Å². The van der Waals surface area contributed by atoms with Gasteiger partial charge in [0.05, 0.1) is 18.2 Å². The summed E-state index contributed by atoms with van der Waals surface area (Å²) in [6, 6.07) is 14.5. The first-order valence-electron chi connectivity index (χ1n) is 7.90. The van der Waals surface area contributed by atoms with E-state index < -0.39 is 17.8 Å². The van der Waals surface area contributed by atoms with Crippen LogP contribution in [0.25, 0.3) is 11.3 Å².